The van der Waals surface area contributed by atoms with Gasteiger partial charge >= 0.3 is 6.01 Å². The fraction of sp³-hybridized carbons (Fsp3) is 0.429. The van der Waals surface area contributed by atoms with Gasteiger partial charge in [-0.2, -0.15) is 0 Å². The summed E-state index contributed by atoms with van der Waals surface area (Å²) >= 11 is 0. The zero-order valence-electron chi connectivity index (χ0n) is 6.75. The molecule has 1 aromatic heterocycles. The average molecular weight is 171 g/mol. The third-order valence-corrected chi connectivity index (χ3v) is 1.18. The molecule has 5 heteroatoms. The standard InChI is InChI=1S/C7H10FN3O/c1-9-2-3-12-7-10-4-6(8)5-11-7/h4-5,9H,2-3H2,1H3. The Morgan fingerprint density at radius 3 is 2.75 bits per heavy atom. The van der Waals surface area contributed by atoms with E-state index in [4.69, 9.17) is 4.74 Å². The zero-order valence-corrected chi connectivity index (χ0v) is 6.75. The third kappa shape index (κ3) is 2.79. The van der Waals surface area contributed by atoms with Gasteiger partial charge in [0.2, 0.25) is 0 Å². The van der Waals surface area contributed by atoms with Crippen molar-refractivity contribution in [1.29, 1.82) is 0 Å². The molecular formula is C7H10FN3O. The number of likely N-dealkylation sites (N-methyl/N-ethyl adjacent to an activating group) is 1. The highest BCUT2D eigenvalue weighted by molar-refractivity contribution is 4.95. The SMILES string of the molecule is CNCCOc1ncc(F)cn1. The van der Waals surface area contributed by atoms with Crippen molar-refractivity contribution in [3.05, 3.63) is 18.2 Å². The summed E-state index contributed by atoms with van der Waals surface area (Å²) in [4.78, 5) is 7.23. The van der Waals surface area contributed by atoms with Gasteiger partial charge in [-0.05, 0) is 7.05 Å². The minimum atomic E-state index is -0.462. The number of hydrogen-bond acceptors (Lipinski definition) is 4. The minimum absolute atomic E-state index is 0.201. The lowest BCUT2D eigenvalue weighted by Gasteiger charge is -2.01. The number of aromatic nitrogens is 2. The lowest BCUT2D eigenvalue weighted by atomic mass is 10.6. The summed E-state index contributed by atoms with van der Waals surface area (Å²) in [5, 5.41) is 2.89. The van der Waals surface area contributed by atoms with Crippen molar-refractivity contribution in [2.24, 2.45) is 0 Å². The second-order valence-electron chi connectivity index (χ2n) is 2.14. The Kier molecular flexibility index (Phi) is 3.40. The molecule has 0 aliphatic carbocycles. The maximum absolute atomic E-state index is 12.3. The van der Waals surface area contributed by atoms with Gasteiger partial charge in [0.25, 0.3) is 0 Å². The normalized spacial score (nSPS) is 9.83. The van der Waals surface area contributed by atoms with Crippen molar-refractivity contribution in [1.82, 2.24) is 15.3 Å². The fourth-order valence-corrected chi connectivity index (χ4v) is 0.619. The monoisotopic (exact) mass is 171 g/mol. The number of nitrogens with one attached hydrogen (secondary N) is 1. The molecule has 0 fully saturated rings. The van der Waals surface area contributed by atoms with E-state index in [9.17, 15) is 4.39 Å². The van der Waals surface area contributed by atoms with Gasteiger partial charge in [-0.25, -0.2) is 14.4 Å². The molecule has 0 aliphatic rings. The molecule has 0 saturated carbocycles. The van der Waals surface area contributed by atoms with E-state index in [0.29, 0.717) is 13.2 Å². The Labute approximate surface area is 69.8 Å². The number of rotatable bonds is 4. The molecule has 1 aromatic rings. The molecule has 0 saturated heterocycles. The molecule has 0 aliphatic heterocycles. The largest absolute Gasteiger partial charge is 0.462 e. The zero-order chi connectivity index (χ0) is 8.81. The van der Waals surface area contributed by atoms with Crippen LogP contribution in [0.2, 0.25) is 0 Å². The van der Waals surface area contributed by atoms with Crippen LogP contribution in [0.25, 0.3) is 0 Å². The Morgan fingerprint density at radius 1 is 1.50 bits per heavy atom. The van der Waals surface area contributed by atoms with E-state index in [-0.39, 0.29) is 6.01 Å². The van der Waals surface area contributed by atoms with Gasteiger partial charge in [0, 0.05) is 6.54 Å². The van der Waals surface area contributed by atoms with Crippen LogP contribution in [0.5, 0.6) is 6.01 Å². The molecular weight excluding hydrogens is 161 g/mol. The summed E-state index contributed by atoms with van der Waals surface area (Å²) in [6.07, 6.45) is 2.14. The summed E-state index contributed by atoms with van der Waals surface area (Å²) in [6.45, 7) is 1.18. The highest BCUT2D eigenvalue weighted by Gasteiger charge is 1.95. The van der Waals surface area contributed by atoms with Crippen molar-refractivity contribution in [3.63, 3.8) is 0 Å². The molecule has 0 atom stereocenters. The van der Waals surface area contributed by atoms with E-state index in [2.05, 4.69) is 15.3 Å². The molecule has 0 bridgehead atoms. The maximum Gasteiger partial charge on any atom is 0.316 e. The first-order valence-electron chi connectivity index (χ1n) is 3.58. The molecule has 0 unspecified atom stereocenters. The van der Waals surface area contributed by atoms with Crippen LogP contribution in [0.15, 0.2) is 12.4 Å². The first-order chi connectivity index (χ1) is 5.83. The quantitative estimate of drug-likeness (QED) is 0.658. The molecule has 0 amide bonds. The minimum Gasteiger partial charge on any atom is -0.462 e. The van der Waals surface area contributed by atoms with Crippen LogP contribution in [-0.2, 0) is 0 Å². The van der Waals surface area contributed by atoms with E-state index in [0.717, 1.165) is 12.4 Å². The van der Waals surface area contributed by atoms with Crippen molar-refractivity contribution >= 4 is 0 Å². The Bertz CT molecular complexity index is 227. The van der Waals surface area contributed by atoms with E-state index in [1.807, 2.05) is 7.05 Å². The summed E-state index contributed by atoms with van der Waals surface area (Å²) in [6, 6.07) is 0.201. The van der Waals surface area contributed by atoms with Crippen LogP contribution in [-0.4, -0.2) is 30.2 Å². The van der Waals surface area contributed by atoms with E-state index >= 15 is 0 Å². The van der Waals surface area contributed by atoms with E-state index < -0.39 is 5.82 Å². The summed E-state index contributed by atoms with van der Waals surface area (Å²) < 4.78 is 17.3. The summed E-state index contributed by atoms with van der Waals surface area (Å²) in [5.41, 5.74) is 0. The number of hydrogen-bond donors (Lipinski definition) is 1. The smallest absolute Gasteiger partial charge is 0.316 e. The van der Waals surface area contributed by atoms with Crippen molar-refractivity contribution in [2.75, 3.05) is 20.2 Å². The van der Waals surface area contributed by atoms with Crippen LogP contribution >= 0.6 is 0 Å². The van der Waals surface area contributed by atoms with Gasteiger partial charge in [0.15, 0.2) is 5.82 Å². The molecule has 12 heavy (non-hydrogen) atoms. The molecule has 4 nitrogen and oxygen atoms in total. The Hall–Kier alpha value is -1.23. The summed E-state index contributed by atoms with van der Waals surface area (Å²) in [7, 11) is 1.81. The Morgan fingerprint density at radius 2 is 2.17 bits per heavy atom. The molecule has 1 heterocycles. The molecule has 1 rings (SSSR count). The topological polar surface area (TPSA) is 47.0 Å². The number of nitrogens with zero attached hydrogens (tertiary/aromatic N) is 2. The highest BCUT2D eigenvalue weighted by atomic mass is 19.1. The van der Waals surface area contributed by atoms with Crippen LogP contribution in [0.1, 0.15) is 0 Å². The van der Waals surface area contributed by atoms with E-state index in [1.54, 1.807) is 0 Å². The lowest BCUT2D eigenvalue weighted by molar-refractivity contribution is 0.292. The van der Waals surface area contributed by atoms with Crippen LogP contribution in [0.3, 0.4) is 0 Å². The molecule has 1 N–H and O–H groups in total. The molecule has 0 aromatic carbocycles. The number of halogens is 1. The summed E-state index contributed by atoms with van der Waals surface area (Å²) in [5.74, 6) is -0.462. The second-order valence-corrected chi connectivity index (χ2v) is 2.14. The third-order valence-electron chi connectivity index (χ3n) is 1.18. The van der Waals surface area contributed by atoms with Gasteiger partial charge < -0.3 is 10.1 Å². The fourth-order valence-electron chi connectivity index (χ4n) is 0.619. The van der Waals surface area contributed by atoms with Crippen molar-refractivity contribution < 1.29 is 9.13 Å². The van der Waals surface area contributed by atoms with Crippen molar-refractivity contribution in [3.8, 4) is 6.01 Å². The van der Waals surface area contributed by atoms with Gasteiger partial charge in [0.1, 0.15) is 6.61 Å². The van der Waals surface area contributed by atoms with Gasteiger partial charge in [-0.1, -0.05) is 0 Å². The predicted molar refractivity (Wildman–Crippen MR) is 41.4 cm³/mol. The highest BCUT2D eigenvalue weighted by Crippen LogP contribution is 1.99. The van der Waals surface area contributed by atoms with Gasteiger partial charge in [-0.3, -0.25) is 0 Å². The van der Waals surface area contributed by atoms with Gasteiger partial charge in [-0.15, -0.1) is 0 Å². The average Bonchev–Trinajstić information content (AvgIpc) is 2.09. The second kappa shape index (κ2) is 4.61. The predicted octanol–water partition coefficient (Wildman–Crippen LogP) is 0.214. The van der Waals surface area contributed by atoms with Gasteiger partial charge in [0.05, 0.1) is 12.4 Å². The molecule has 0 spiro atoms. The lowest BCUT2D eigenvalue weighted by Crippen LogP contribution is -2.16. The maximum atomic E-state index is 12.3. The first-order valence-corrected chi connectivity index (χ1v) is 3.58. The molecule has 0 radical (unpaired) electrons. The van der Waals surface area contributed by atoms with Crippen LogP contribution < -0.4 is 10.1 Å². The van der Waals surface area contributed by atoms with E-state index in [1.165, 1.54) is 0 Å². The van der Waals surface area contributed by atoms with Crippen LogP contribution in [0, 0.1) is 5.82 Å². The first kappa shape index (κ1) is 8.86. The Balaban J connectivity index is 2.37. The van der Waals surface area contributed by atoms with Crippen molar-refractivity contribution in [2.45, 2.75) is 0 Å². The van der Waals surface area contributed by atoms with Crippen LogP contribution in [0.4, 0.5) is 4.39 Å². The molecule has 66 valence electrons. The number of ether oxygens (including phenoxy) is 1.